The minimum Gasteiger partial charge on any atom is -0.474 e. The van der Waals surface area contributed by atoms with E-state index in [9.17, 15) is 19.2 Å². The summed E-state index contributed by atoms with van der Waals surface area (Å²) < 4.78 is 4.31. The second-order valence-corrected chi connectivity index (χ2v) is 7.36. The topological polar surface area (TPSA) is 153 Å². The largest absolute Gasteiger partial charge is 0.474 e. The highest BCUT2D eigenvalue weighted by Crippen LogP contribution is 2.27. The number of hydrogen-bond donors (Lipinski definition) is 5. The van der Waals surface area contributed by atoms with Crippen LogP contribution in [0.1, 0.15) is 0 Å². The highest BCUT2D eigenvalue weighted by molar-refractivity contribution is 6.38. The molecule has 0 radical (unpaired) electrons. The number of hydrogen-bond acceptors (Lipinski definition) is 5. The molecule has 0 atom stereocenters. The maximum Gasteiger partial charge on any atom is 0.396 e. The first-order valence-corrected chi connectivity index (χ1v) is 9.92. The maximum absolute atomic E-state index is 11.3. The van der Waals surface area contributed by atoms with Gasteiger partial charge in [0.1, 0.15) is 0 Å². The Morgan fingerprint density at radius 2 is 1.27 bits per heavy atom. The number of aromatic amines is 2. The molecule has 2 amide bonds. The molecule has 0 spiro atoms. The van der Waals surface area contributed by atoms with Crippen molar-refractivity contribution < 1.29 is 29.0 Å². The van der Waals surface area contributed by atoms with Crippen molar-refractivity contribution in [3.63, 3.8) is 0 Å². The van der Waals surface area contributed by atoms with Crippen molar-refractivity contribution in [3.05, 3.63) is 58.8 Å². The van der Waals surface area contributed by atoms with Gasteiger partial charge in [-0.3, -0.25) is 9.59 Å². The van der Waals surface area contributed by atoms with Crippen molar-refractivity contribution in [1.29, 1.82) is 0 Å². The van der Waals surface area contributed by atoms with Gasteiger partial charge in [-0.25, -0.2) is 9.59 Å². The number of carboxylic acids is 1. The number of nitrogens with one attached hydrogen (secondary N) is 4. The van der Waals surface area contributed by atoms with Gasteiger partial charge in [-0.15, -0.1) is 0 Å². The van der Waals surface area contributed by atoms with E-state index in [1.807, 2.05) is 0 Å². The van der Waals surface area contributed by atoms with Crippen LogP contribution in [-0.4, -0.2) is 45.9 Å². The zero-order valence-electron chi connectivity index (χ0n) is 16.9. The highest BCUT2D eigenvalue weighted by atomic mass is 35.5. The first kappa shape index (κ1) is 23.6. The predicted octanol–water partition coefficient (Wildman–Crippen LogP) is 3.78. The van der Waals surface area contributed by atoms with Crippen LogP contribution in [0.2, 0.25) is 10.0 Å². The molecule has 4 aromatic rings. The van der Waals surface area contributed by atoms with Gasteiger partial charge in [-0.1, -0.05) is 23.2 Å². The summed E-state index contributed by atoms with van der Waals surface area (Å²) in [4.78, 5) is 49.5. The molecular weight excluding hydrogens is 475 g/mol. The van der Waals surface area contributed by atoms with Crippen LogP contribution < -0.4 is 10.6 Å². The zero-order valence-corrected chi connectivity index (χ0v) is 18.4. The Balaban J connectivity index is 0.000000186. The number of aliphatic carboxylic acids is 1. The first-order chi connectivity index (χ1) is 15.7. The lowest BCUT2D eigenvalue weighted by atomic mass is 10.2. The van der Waals surface area contributed by atoms with Crippen LogP contribution in [-0.2, 0) is 23.9 Å². The molecule has 2 aromatic heterocycles. The summed E-state index contributed by atoms with van der Waals surface area (Å²) >= 11 is 11.7. The van der Waals surface area contributed by atoms with E-state index in [2.05, 4.69) is 25.3 Å². The number of aromatic nitrogens is 2. The highest BCUT2D eigenvalue weighted by Gasteiger charge is 2.16. The van der Waals surface area contributed by atoms with E-state index < -0.39 is 23.8 Å². The van der Waals surface area contributed by atoms with Crippen LogP contribution in [0.4, 0.5) is 11.4 Å². The summed E-state index contributed by atoms with van der Waals surface area (Å²) in [7, 11) is 1.15. The molecule has 5 N–H and O–H groups in total. The van der Waals surface area contributed by atoms with Crippen molar-refractivity contribution in [2.45, 2.75) is 0 Å². The van der Waals surface area contributed by atoms with Crippen LogP contribution >= 0.6 is 23.2 Å². The number of H-pyrrole nitrogens is 2. The summed E-state index contributed by atoms with van der Waals surface area (Å²) in [6.07, 6.45) is 3.10. The molecule has 2 aromatic carbocycles. The molecule has 0 saturated heterocycles. The van der Waals surface area contributed by atoms with Gasteiger partial charge in [0.25, 0.3) is 0 Å². The number of carboxylic acid groups (broad SMARTS) is 1. The van der Waals surface area contributed by atoms with E-state index in [1.54, 1.807) is 42.6 Å². The Bertz CT molecular complexity index is 1380. The molecule has 4 rings (SSSR count). The Labute approximate surface area is 195 Å². The number of benzene rings is 2. The number of carbonyl (C=O) groups is 4. The number of esters is 1. The quantitative estimate of drug-likeness (QED) is 0.213. The fraction of sp³-hybridized carbons (Fsp3) is 0.0476. The van der Waals surface area contributed by atoms with E-state index in [1.165, 1.54) is 6.20 Å². The molecule has 0 saturated carbocycles. The van der Waals surface area contributed by atoms with Gasteiger partial charge < -0.3 is 30.4 Å². The van der Waals surface area contributed by atoms with E-state index in [0.29, 0.717) is 26.8 Å². The molecule has 170 valence electrons. The van der Waals surface area contributed by atoms with Crippen molar-refractivity contribution in [1.82, 2.24) is 9.97 Å². The number of anilines is 2. The normalized spacial score (nSPS) is 10.3. The van der Waals surface area contributed by atoms with Crippen LogP contribution in [0.3, 0.4) is 0 Å². The summed E-state index contributed by atoms with van der Waals surface area (Å²) in [6, 6.07) is 10.3. The van der Waals surface area contributed by atoms with Gasteiger partial charge in [-0.2, -0.15) is 0 Å². The standard InChI is InChI=1S/C11H9ClN2O3.C10H7ClN2O3/c1-17-11(16)10(15)14-9-5-13-8-3-2-6(12)4-7(8)9;11-5-1-2-7-6(3-5)8(4-12-7)13-9(14)10(15)16/h2-5,13H,1H3,(H,14,15);1-4,12H,(H,13,14)(H,15,16). The number of rotatable bonds is 2. The van der Waals surface area contributed by atoms with Crippen molar-refractivity contribution in [3.8, 4) is 0 Å². The van der Waals surface area contributed by atoms with E-state index in [-0.39, 0.29) is 0 Å². The maximum atomic E-state index is 11.3. The lowest BCUT2D eigenvalue weighted by Crippen LogP contribution is -2.23. The van der Waals surface area contributed by atoms with Gasteiger partial charge in [0.2, 0.25) is 0 Å². The minimum absolute atomic E-state index is 0.393. The first-order valence-electron chi connectivity index (χ1n) is 9.16. The number of carbonyl (C=O) groups excluding carboxylic acids is 3. The molecule has 0 aliphatic carbocycles. The van der Waals surface area contributed by atoms with Crippen molar-refractivity contribution in [2.75, 3.05) is 17.7 Å². The lowest BCUT2D eigenvalue weighted by Gasteiger charge is -2.01. The summed E-state index contributed by atoms with van der Waals surface area (Å²) in [5.74, 6) is -4.38. The monoisotopic (exact) mass is 490 g/mol. The van der Waals surface area contributed by atoms with Gasteiger partial charge in [0.15, 0.2) is 0 Å². The van der Waals surface area contributed by atoms with Gasteiger partial charge in [-0.05, 0) is 36.4 Å². The smallest absolute Gasteiger partial charge is 0.396 e. The molecule has 0 aliphatic rings. The third kappa shape index (κ3) is 5.62. The average molecular weight is 491 g/mol. The zero-order chi connectivity index (χ0) is 24.1. The minimum atomic E-state index is -1.53. The van der Waals surface area contributed by atoms with E-state index in [4.69, 9.17) is 28.3 Å². The fourth-order valence-corrected chi connectivity index (χ4v) is 3.18. The summed E-state index contributed by atoms with van der Waals surface area (Å²) in [5.41, 5.74) is 2.46. The van der Waals surface area contributed by atoms with Gasteiger partial charge in [0.05, 0.1) is 18.5 Å². The van der Waals surface area contributed by atoms with Crippen LogP contribution in [0.15, 0.2) is 48.8 Å². The lowest BCUT2D eigenvalue weighted by molar-refractivity contribution is -0.150. The number of fused-ring (bicyclic) bond motifs is 2. The fourth-order valence-electron chi connectivity index (χ4n) is 2.83. The number of ether oxygens (including phenoxy) is 1. The third-order valence-corrected chi connectivity index (χ3v) is 4.82. The van der Waals surface area contributed by atoms with Gasteiger partial charge in [0, 0.05) is 44.2 Å². The molecule has 0 bridgehead atoms. The predicted molar refractivity (Wildman–Crippen MR) is 124 cm³/mol. The van der Waals surface area contributed by atoms with Crippen LogP contribution in [0, 0.1) is 0 Å². The second-order valence-electron chi connectivity index (χ2n) is 6.49. The molecule has 10 nitrogen and oxygen atoms in total. The molecular formula is C21H16Cl2N4O6. The number of methoxy groups -OCH3 is 1. The number of amides is 2. The Kier molecular flexibility index (Phi) is 7.21. The molecule has 0 fully saturated rings. The molecule has 33 heavy (non-hydrogen) atoms. The van der Waals surface area contributed by atoms with E-state index >= 15 is 0 Å². The van der Waals surface area contributed by atoms with Crippen LogP contribution in [0.25, 0.3) is 21.8 Å². The summed E-state index contributed by atoms with van der Waals surface area (Å²) in [6.45, 7) is 0. The Morgan fingerprint density at radius 1 is 0.818 bits per heavy atom. The average Bonchev–Trinajstić information content (AvgIpc) is 3.37. The van der Waals surface area contributed by atoms with Crippen LogP contribution in [0.5, 0.6) is 0 Å². The molecule has 12 heteroatoms. The van der Waals surface area contributed by atoms with E-state index in [0.717, 1.165) is 23.5 Å². The second kappa shape index (κ2) is 10.1. The molecule has 0 unspecified atom stereocenters. The van der Waals surface area contributed by atoms with Crippen molar-refractivity contribution in [2.24, 2.45) is 0 Å². The third-order valence-electron chi connectivity index (χ3n) is 4.35. The van der Waals surface area contributed by atoms with Crippen molar-refractivity contribution >= 4 is 80.1 Å². The molecule has 2 heterocycles. The number of halogens is 2. The SMILES string of the molecule is COC(=O)C(=O)Nc1c[nH]c2ccc(Cl)cc12.O=C(O)C(=O)Nc1c[nH]c2ccc(Cl)cc12. The summed E-state index contributed by atoms with van der Waals surface area (Å²) in [5, 5.41) is 15.6. The Morgan fingerprint density at radius 3 is 1.70 bits per heavy atom. The van der Waals surface area contributed by atoms with Gasteiger partial charge >= 0.3 is 23.8 Å². The Hall–Kier alpha value is -4.02. The molecule has 0 aliphatic heterocycles.